The van der Waals surface area contributed by atoms with Crippen LogP contribution in [-0.2, 0) is 4.74 Å². The van der Waals surface area contributed by atoms with Gasteiger partial charge in [0.2, 0.25) is 0 Å². The fourth-order valence-corrected chi connectivity index (χ4v) is 2.97. The maximum absolute atomic E-state index is 6.18. The van der Waals surface area contributed by atoms with Crippen molar-refractivity contribution in [1.29, 1.82) is 0 Å². The molecule has 1 aromatic heterocycles. The molecular formula is C10H15Cl2NOS. The van der Waals surface area contributed by atoms with Crippen molar-refractivity contribution in [2.75, 3.05) is 13.2 Å². The Labute approximate surface area is 105 Å². The Hall–Kier alpha value is 0.200. The first-order valence-electron chi connectivity index (χ1n) is 4.86. The summed E-state index contributed by atoms with van der Waals surface area (Å²) < 4.78 is 6.13. The van der Waals surface area contributed by atoms with E-state index in [1.807, 2.05) is 12.1 Å². The highest BCUT2D eigenvalue weighted by Gasteiger charge is 2.23. The van der Waals surface area contributed by atoms with E-state index in [9.17, 15) is 0 Å². The van der Waals surface area contributed by atoms with Crippen molar-refractivity contribution in [3.8, 4) is 0 Å². The molecule has 1 atom stereocenters. The SMILES string of the molecule is Cl.N[C@@H](c1ccc(Cl)s1)C1CCOCC1. The van der Waals surface area contributed by atoms with E-state index in [0.29, 0.717) is 5.92 Å². The summed E-state index contributed by atoms with van der Waals surface area (Å²) in [6, 6.07) is 4.09. The van der Waals surface area contributed by atoms with Crippen LogP contribution in [0.5, 0.6) is 0 Å². The summed E-state index contributed by atoms with van der Waals surface area (Å²) in [4.78, 5) is 1.20. The average molecular weight is 268 g/mol. The summed E-state index contributed by atoms with van der Waals surface area (Å²) in [5.74, 6) is 0.554. The van der Waals surface area contributed by atoms with Crippen molar-refractivity contribution in [3.63, 3.8) is 0 Å². The monoisotopic (exact) mass is 267 g/mol. The molecule has 0 radical (unpaired) electrons. The van der Waals surface area contributed by atoms with Crippen molar-refractivity contribution >= 4 is 35.3 Å². The minimum atomic E-state index is 0. The first kappa shape index (κ1) is 13.3. The topological polar surface area (TPSA) is 35.2 Å². The summed E-state index contributed by atoms with van der Waals surface area (Å²) in [5.41, 5.74) is 6.18. The minimum Gasteiger partial charge on any atom is -0.381 e. The third-order valence-electron chi connectivity index (χ3n) is 2.70. The Morgan fingerprint density at radius 2 is 2.07 bits per heavy atom. The van der Waals surface area contributed by atoms with Gasteiger partial charge in [-0.25, -0.2) is 0 Å². The molecule has 0 amide bonds. The van der Waals surface area contributed by atoms with Crippen molar-refractivity contribution in [3.05, 3.63) is 21.3 Å². The maximum Gasteiger partial charge on any atom is 0.0931 e. The molecule has 86 valence electrons. The van der Waals surface area contributed by atoms with Crippen LogP contribution in [0.4, 0.5) is 0 Å². The Morgan fingerprint density at radius 1 is 1.40 bits per heavy atom. The molecule has 1 fully saturated rings. The maximum atomic E-state index is 6.18. The van der Waals surface area contributed by atoms with Gasteiger partial charge >= 0.3 is 0 Å². The largest absolute Gasteiger partial charge is 0.381 e. The van der Waals surface area contributed by atoms with E-state index in [2.05, 4.69) is 0 Å². The third-order valence-corrected chi connectivity index (χ3v) is 4.03. The summed E-state index contributed by atoms with van der Waals surface area (Å²) in [6.07, 6.45) is 2.13. The minimum absolute atomic E-state index is 0. The first-order chi connectivity index (χ1) is 6.77. The molecule has 1 aliphatic heterocycles. The van der Waals surface area contributed by atoms with Gasteiger partial charge in [0.05, 0.1) is 4.34 Å². The van der Waals surface area contributed by atoms with Gasteiger partial charge in [-0.1, -0.05) is 11.6 Å². The molecule has 2 heterocycles. The Bertz CT molecular complexity index is 299. The van der Waals surface area contributed by atoms with Crippen LogP contribution >= 0.6 is 35.3 Å². The fraction of sp³-hybridized carbons (Fsp3) is 0.600. The lowest BCUT2D eigenvalue weighted by molar-refractivity contribution is 0.0587. The number of hydrogen-bond acceptors (Lipinski definition) is 3. The van der Waals surface area contributed by atoms with E-state index in [1.165, 1.54) is 4.88 Å². The van der Waals surface area contributed by atoms with Crippen molar-refractivity contribution < 1.29 is 4.74 Å². The molecule has 0 unspecified atom stereocenters. The molecule has 0 bridgehead atoms. The van der Waals surface area contributed by atoms with Gasteiger partial charge in [0.15, 0.2) is 0 Å². The lowest BCUT2D eigenvalue weighted by atomic mass is 9.91. The molecule has 15 heavy (non-hydrogen) atoms. The number of hydrogen-bond donors (Lipinski definition) is 1. The molecule has 2 N–H and O–H groups in total. The zero-order valence-electron chi connectivity index (χ0n) is 8.32. The van der Waals surface area contributed by atoms with Crippen LogP contribution in [0.25, 0.3) is 0 Å². The lowest BCUT2D eigenvalue weighted by Crippen LogP contribution is -2.26. The molecule has 0 saturated carbocycles. The lowest BCUT2D eigenvalue weighted by Gasteiger charge is -2.26. The van der Waals surface area contributed by atoms with E-state index >= 15 is 0 Å². The molecular weight excluding hydrogens is 253 g/mol. The third kappa shape index (κ3) is 3.33. The highest BCUT2D eigenvalue weighted by Crippen LogP contribution is 2.33. The second-order valence-electron chi connectivity index (χ2n) is 3.62. The highest BCUT2D eigenvalue weighted by molar-refractivity contribution is 7.16. The quantitative estimate of drug-likeness (QED) is 0.893. The second kappa shape index (κ2) is 6.06. The van der Waals surface area contributed by atoms with E-state index in [4.69, 9.17) is 22.1 Å². The smallest absolute Gasteiger partial charge is 0.0931 e. The second-order valence-corrected chi connectivity index (χ2v) is 5.36. The van der Waals surface area contributed by atoms with Crippen LogP contribution in [0.15, 0.2) is 12.1 Å². The van der Waals surface area contributed by atoms with Crippen molar-refractivity contribution in [2.24, 2.45) is 11.7 Å². The van der Waals surface area contributed by atoms with Gasteiger partial charge in [-0.3, -0.25) is 0 Å². The van der Waals surface area contributed by atoms with Crippen LogP contribution in [0, 0.1) is 5.92 Å². The van der Waals surface area contributed by atoms with Gasteiger partial charge in [-0.05, 0) is 30.9 Å². The van der Waals surface area contributed by atoms with Crippen LogP contribution in [-0.4, -0.2) is 13.2 Å². The summed E-state index contributed by atoms with van der Waals surface area (Å²) >= 11 is 7.47. The summed E-state index contributed by atoms with van der Waals surface area (Å²) in [7, 11) is 0. The number of rotatable bonds is 2. The Balaban J connectivity index is 0.00000112. The molecule has 1 aromatic rings. The number of thiophene rings is 1. The van der Waals surface area contributed by atoms with Crippen molar-refractivity contribution in [1.82, 2.24) is 0 Å². The first-order valence-corrected chi connectivity index (χ1v) is 6.05. The predicted octanol–water partition coefficient (Wildman–Crippen LogP) is 3.25. The molecule has 1 aliphatic rings. The van der Waals surface area contributed by atoms with Gasteiger partial charge < -0.3 is 10.5 Å². The highest BCUT2D eigenvalue weighted by atomic mass is 35.5. The van der Waals surface area contributed by atoms with Crippen LogP contribution in [0.1, 0.15) is 23.8 Å². The molecule has 0 spiro atoms. The van der Waals surface area contributed by atoms with Gasteiger partial charge in [-0.15, -0.1) is 23.7 Å². The number of halogens is 2. The van der Waals surface area contributed by atoms with Gasteiger partial charge in [-0.2, -0.15) is 0 Å². The molecule has 5 heteroatoms. The van der Waals surface area contributed by atoms with E-state index in [-0.39, 0.29) is 18.4 Å². The van der Waals surface area contributed by atoms with Gasteiger partial charge in [0.25, 0.3) is 0 Å². The van der Waals surface area contributed by atoms with E-state index < -0.39 is 0 Å². The van der Waals surface area contributed by atoms with Crippen molar-refractivity contribution in [2.45, 2.75) is 18.9 Å². The standard InChI is InChI=1S/C10H14ClNOS.ClH/c11-9-2-1-8(14-9)10(12)7-3-5-13-6-4-7;/h1-2,7,10H,3-6,12H2;1H/t10-;/m1./s1. The number of nitrogens with two attached hydrogens (primary N) is 1. The predicted molar refractivity (Wildman–Crippen MR) is 67.0 cm³/mol. The molecule has 0 aromatic carbocycles. The van der Waals surface area contributed by atoms with E-state index in [1.54, 1.807) is 11.3 Å². The summed E-state index contributed by atoms with van der Waals surface area (Å²) in [6.45, 7) is 1.69. The van der Waals surface area contributed by atoms with Crippen LogP contribution < -0.4 is 5.73 Å². The summed E-state index contributed by atoms with van der Waals surface area (Å²) in [5, 5.41) is 0. The molecule has 1 saturated heterocycles. The average Bonchev–Trinajstić information content (AvgIpc) is 2.65. The normalized spacial score (nSPS) is 19.6. The molecule has 2 rings (SSSR count). The van der Waals surface area contributed by atoms with Gasteiger partial charge in [0.1, 0.15) is 0 Å². The fourth-order valence-electron chi connectivity index (χ4n) is 1.81. The molecule has 0 aliphatic carbocycles. The van der Waals surface area contributed by atoms with E-state index in [0.717, 1.165) is 30.4 Å². The van der Waals surface area contributed by atoms with Gasteiger partial charge in [0, 0.05) is 24.1 Å². The zero-order chi connectivity index (χ0) is 9.97. The zero-order valence-corrected chi connectivity index (χ0v) is 10.7. The Morgan fingerprint density at radius 3 is 2.60 bits per heavy atom. The molecule has 2 nitrogen and oxygen atoms in total. The van der Waals surface area contributed by atoms with Crippen LogP contribution in [0.3, 0.4) is 0 Å². The van der Waals surface area contributed by atoms with Crippen LogP contribution in [0.2, 0.25) is 4.34 Å². The Kier molecular flexibility index (Phi) is 5.36. The number of ether oxygens (including phenoxy) is 1.